The van der Waals surface area contributed by atoms with E-state index in [2.05, 4.69) is 47.8 Å². The Morgan fingerprint density at radius 3 is 2.26 bits per heavy atom. The highest BCUT2D eigenvalue weighted by atomic mass is 19.1. The lowest BCUT2D eigenvalue weighted by Gasteiger charge is -2.41. The van der Waals surface area contributed by atoms with Gasteiger partial charge in [-0.2, -0.15) is 0 Å². The first-order valence-corrected chi connectivity index (χ1v) is 6.71. The summed E-state index contributed by atoms with van der Waals surface area (Å²) in [6, 6.07) is 5.24. The van der Waals surface area contributed by atoms with Gasteiger partial charge in [-0.05, 0) is 34.5 Å². The monoisotopic (exact) mass is 260 g/mol. The van der Waals surface area contributed by atoms with Gasteiger partial charge in [-0.25, -0.2) is 4.39 Å². The van der Waals surface area contributed by atoms with Crippen LogP contribution in [-0.2, 0) is 5.41 Å². The van der Waals surface area contributed by atoms with E-state index in [1.807, 2.05) is 6.07 Å². The molecule has 0 aliphatic heterocycles. The molecule has 0 saturated carbocycles. The summed E-state index contributed by atoms with van der Waals surface area (Å²) in [5.74, 6) is -0.150. The molecular weight excluding hydrogens is 235 g/mol. The Morgan fingerprint density at radius 2 is 1.79 bits per heavy atom. The largest absolute Gasteiger partial charge is 0.207 e. The molecule has 19 heavy (non-hydrogen) atoms. The minimum atomic E-state index is -0.280. The van der Waals surface area contributed by atoms with Crippen LogP contribution in [0.3, 0.4) is 0 Å². The third kappa shape index (κ3) is 2.97. The quantitative estimate of drug-likeness (QED) is 0.606. The fourth-order valence-electron chi connectivity index (χ4n) is 2.11. The van der Waals surface area contributed by atoms with Crippen molar-refractivity contribution in [2.75, 3.05) is 0 Å². The third-order valence-electron chi connectivity index (χ3n) is 4.29. The molecule has 0 amide bonds. The minimum Gasteiger partial charge on any atom is -0.207 e. The Bertz CT molecular complexity index is 487. The maximum absolute atomic E-state index is 14.4. The number of hydrogen-bond acceptors (Lipinski definition) is 0. The van der Waals surface area contributed by atoms with Crippen LogP contribution in [0.15, 0.2) is 37.4 Å². The maximum Gasteiger partial charge on any atom is 0.127 e. The lowest BCUT2D eigenvalue weighted by atomic mass is 9.63. The molecule has 1 heteroatoms. The highest BCUT2D eigenvalue weighted by Gasteiger charge is 2.38. The highest BCUT2D eigenvalue weighted by Crippen LogP contribution is 2.44. The lowest BCUT2D eigenvalue weighted by Crippen LogP contribution is -2.35. The van der Waals surface area contributed by atoms with Crippen LogP contribution in [0, 0.1) is 11.2 Å². The number of allylic oxidation sites excluding steroid dienone is 2. The molecule has 1 rings (SSSR count). The van der Waals surface area contributed by atoms with Crippen LogP contribution in [0.25, 0.3) is 5.57 Å². The van der Waals surface area contributed by atoms with Gasteiger partial charge in [0.05, 0.1) is 0 Å². The van der Waals surface area contributed by atoms with Crippen molar-refractivity contribution in [3.05, 3.63) is 54.4 Å². The van der Waals surface area contributed by atoms with E-state index in [1.54, 1.807) is 12.1 Å². The van der Waals surface area contributed by atoms with Crippen molar-refractivity contribution >= 4 is 5.57 Å². The Morgan fingerprint density at radius 1 is 1.21 bits per heavy atom. The van der Waals surface area contributed by atoms with Gasteiger partial charge in [-0.3, -0.25) is 0 Å². The smallest absolute Gasteiger partial charge is 0.127 e. The standard InChI is InChI=1S/C18H25F/c1-8-10-13(2)14-11-9-12-15(19)16(14)18(6,7)17(3,4)5/h8-9,11-12H,1-2,10H2,3-7H3. The molecule has 0 heterocycles. The SMILES string of the molecule is C=CCC(=C)c1cccc(F)c1C(C)(C)C(C)(C)C. The van der Waals surface area contributed by atoms with Gasteiger partial charge < -0.3 is 0 Å². The Kier molecular flexibility index (Phi) is 4.39. The number of benzene rings is 1. The van der Waals surface area contributed by atoms with Crippen LogP contribution in [0.5, 0.6) is 0 Å². The van der Waals surface area contributed by atoms with Gasteiger partial charge in [-0.15, -0.1) is 6.58 Å². The molecule has 0 aromatic heterocycles. The molecule has 0 fully saturated rings. The van der Waals surface area contributed by atoms with Gasteiger partial charge in [0.1, 0.15) is 5.82 Å². The number of halogens is 1. The molecule has 0 N–H and O–H groups in total. The van der Waals surface area contributed by atoms with Crippen molar-refractivity contribution in [3.63, 3.8) is 0 Å². The zero-order valence-corrected chi connectivity index (χ0v) is 12.8. The predicted octanol–water partition coefficient (Wildman–Crippen LogP) is 5.74. The predicted molar refractivity (Wildman–Crippen MR) is 82.7 cm³/mol. The van der Waals surface area contributed by atoms with Crippen molar-refractivity contribution in [2.45, 2.75) is 46.5 Å². The van der Waals surface area contributed by atoms with Gasteiger partial charge >= 0.3 is 0 Å². The van der Waals surface area contributed by atoms with Gasteiger partial charge in [0.2, 0.25) is 0 Å². The summed E-state index contributed by atoms with van der Waals surface area (Å²) in [4.78, 5) is 0. The molecule has 0 saturated heterocycles. The normalized spacial score (nSPS) is 12.3. The second-order valence-corrected chi connectivity index (χ2v) is 6.63. The van der Waals surface area contributed by atoms with Crippen molar-refractivity contribution in [2.24, 2.45) is 5.41 Å². The Labute approximate surface area is 117 Å². The first kappa shape index (κ1) is 15.7. The molecule has 1 aromatic carbocycles. The van der Waals surface area contributed by atoms with E-state index in [9.17, 15) is 4.39 Å². The molecular formula is C18H25F. The van der Waals surface area contributed by atoms with Crippen molar-refractivity contribution < 1.29 is 4.39 Å². The average Bonchev–Trinajstić information content (AvgIpc) is 2.27. The van der Waals surface area contributed by atoms with Gasteiger partial charge in [0, 0.05) is 5.56 Å². The summed E-state index contributed by atoms with van der Waals surface area (Å²) in [5, 5.41) is 0. The van der Waals surface area contributed by atoms with Gasteiger partial charge in [0.25, 0.3) is 0 Å². The molecule has 0 atom stereocenters. The molecule has 104 valence electrons. The maximum atomic E-state index is 14.4. The molecule has 0 radical (unpaired) electrons. The summed E-state index contributed by atoms with van der Waals surface area (Å²) in [6.07, 6.45) is 2.48. The first-order valence-electron chi connectivity index (χ1n) is 6.71. The molecule has 0 aliphatic rings. The fourth-order valence-corrected chi connectivity index (χ4v) is 2.11. The number of hydrogen-bond donors (Lipinski definition) is 0. The van der Waals surface area contributed by atoms with E-state index in [0.717, 1.165) is 16.7 Å². The molecule has 0 nitrogen and oxygen atoms in total. The van der Waals surface area contributed by atoms with Crippen LogP contribution >= 0.6 is 0 Å². The lowest BCUT2D eigenvalue weighted by molar-refractivity contribution is 0.218. The third-order valence-corrected chi connectivity index (χ3v) is 4.29. The average molecular weight is 260 g/mol. The summed E-state index contributed by atoms with van der Waals surface area (Å²) in [6.45, 7) is 18.4. The van der Waals surface area contributed by atoms with E-state index in [4.69, 9.17) is 0 Å². The van der Waals surface area contributed by atoms with E-state index in [1.165, 1.54) is 6.07 Å². The second kappa shape index (κ2) is 5.32. The van der Waals surface area contributed by atoms with Crippen LogP contribution in [0.2, 0.25) is 0 Å². The molecule has 1 aromatic rings. The fraction of sp³-hybridized carbons (Fsp3) is 0.444. The Balaban J connectivity index is 3.50. The van der Waals surface area contributed by atoms with Crippen LogP contribution in [-0.4, -0.2) is 0 Å². The summed E-state index contributed by atoms with van der Waals surface area (Å²) < 4.78 is 14.4. The summed E-state index contributed by atoms with van der Waals surface area (Å²) in [5.41, 5.74) is 2.27. The minimum absolute atomic E-state index is 0.0433. The van der Waals surface area contributed by atoms with Gasteiger partial charge in [-0.1, -0.05) is 59.4 Å². The zero-order valence-electron chi connectivity index (χ0n) is 12.8. The van der Waals surface area contributed by atoms with Crippen LogP contribution in [0.1, 0.15) is 52.2 Å². The van der Waals surface area contributed by atoms with Crippen LogP contribution in [0.4, 0.5) is 4.39 Å². The molecule has 0 aliphatic carbocycles. The second-order valence-electron chi connectivity index (χ2n) is 6.63. The van der Waals surface area contributed by atoms with E-state index in [0.29, 0.717) is 6.42 Å². The molecule has 0 unspecified atom stereocenters. The van der Waals surface area contributed by atoms with Gasteiger partial charge in [0.15, 0.2) is 0 Å². The molecule has 0 spiro atoms. The highest BCUT2D eigenvalue weighted by molar-refractivity contribution is 5.68. The Hall–Kier alpha value is -1.37. The first-order chi connectivity index (χ1) is 8.63. The summed E-state index contributed by atoms with van der Waals surface area (Å²) >= 11 is 0. The van der Waals surface area contributed by atoms with Crippen molar-refractivity contribution in [1.29, 1.82) is 0 Å². The topological polar surface area (TPSA) is 0 Å². The van der Waals surface area contributed by atoms with E-state index < -0.39 is 0 Å². The number of rotatable bonds is 4. The molecule has 0 bridgehead atoms. The summed E-state index contributed by atoms with van der Waals surface area (Å²) in [7, 11) is 0. The van der Waals surface area contributed by atoms with E-state index in [-0.39, 0.29) is 16.6 Å². The zero-order chi connectivity index (χ0) is 14.8. The van der Waals surface area contributed by atoms with Crippen LogP contribution < -0.4 is 0 Å². The van der Waals surface area contributed by atoms with Crippen molar-refractivity contribution in [1.82, 2.24) is 0 Å². The van der Waals surface area contributed by atoms with Crippen molar-refractivity contribution in [3.8, 4) is 0 Å². The van der Waals surface area contributed by atoms with E-state index >= 15 is 0 Å².